The van der Waals surface area contributed by atoms with Gasteiger partial charge in [0.1, 0.15) is 5.75 Å². The third kappa shape index (κ3) is 3.04. The van der Waals surface area contributed by atoms with Crippen LogP contribution in [0.1, 0.15) is 23.2 Å². The van der Waals surface area contributed by atoms with E-state index in [-0.39, 0.29) is 5.91 Å². The maximum atomic E-state index is 12.6. The summed E-state index contributed by atoms with van der Waals surface area (Å²) >= 11 is 0. The highest BCUT2D eigenvalue weighted by Gasteiger charge is 2.26. The highest BCUT2D eigenvalue weighted by molar-refractivity contribution is 5.99. The van der Waals surface area contributed by atoms with E-state index in [0.717, 1.165) is 25.9 Å². The first-order chi connectivity index (χ1) is 9.52. The van der Waals surface area contributed by atoms with Crippen LogP contribution in [0.4, 0.5) is 5.69 Å². The zero-order valence-corrected chi connectivity index (χ0v) is 12.4. The molecule has 0 aromatic heterocycles. The summed E-state index contributed by atoms with van der Waals surface area (Å²) in [4.78, 5) is 16.6. The summed E-state index contributed by atoms with van der Waals surface area (Å²) in [7, 11) is 5.70. The molecular weight excluding hydrogens is 254 g/mol. The fourth-order valence-corrected chi connectivity index (χ4v) is 2.59. The van der Waals surface area contributed by atoms with Crippen LogP contribution in [0, 0.1) is 0 Å². The Balaban J connectivity index is 2.14. The molecular formula is C15H23N3O2. The fourth-order valence-electron chi connectivity index (χ4n) is 2.59. The predicted octanol–water partition coefficient (Wildman–Crippen LogP) is 1.44. The van der Waals surface area contributed by atoms with Gasteiger partial charge in [-0.25, -0.2) is 0 Å². The summed E-state index contributed by atoms with van der Waals surface area (Å²) < 4.78 is 5.11. The Hall–Kier alpha value is -1.75. The van der Waals surface area contributed by atoms with Crippen molar-refractivity contribution in [2.24, 2.45) is 0 Å². The zero-order valence-electron chi connectivity index (χ0n) is 12.4. The van der Waals surface area contributed by atoms with Gasteiger partial charge in [0, 0.05) is 30.9 Å². The van der Waals surface area contributed by atoms with Crippen molar-refractivity contribution >= 4 is 11.6 Å². The van der Waals surface area contributed by atoms with Crippen LogP contribution in [0.25, 0.3) is 0 Å². The van der Waals surface area contributed by atoms with Crippen molar-refractivity contribution < 1.29 is 9.53 Å². The lowest BCUT2D eigenvalue weighted by atomic mass is 10.0. The molecule has 110 valence electrons. The third-order valence-electron chi connectivity index (χ3n) is 3.90. The normalized spacial score (nSPS) is 19.2. The Labute approximate surface area is 120 Å². The number of nitrogens with two attached hydrogens (primary N) is 1. The van der Waals surface area contributed by atoms with E-state index < -0.39 is 0 Å². The van der Waals surface area contributed by atoms with E-state index >= 15 is 0 Å². The minimum absolute atomic E-state index is 0.0108. The quantitative estimate of drug-likeness (QED) is 0.849. The number of methoxy groups -OCH3 is 1. The van der Waals surface area contributed by atoms with Crippen LogP contribution in [0.5, 0.6) is 5.75 Å². The summed E-state index contributed by atoms with van der Waals surface area (Å²) in [5.41, 5.74) is 6.99. The number of carbonyl (C=O) groups excluding carboxylic acids is 1. The molecule has 0 aliphatic carbocycles. The molecule has 1 aliphatic rings. The van der Waals surface area contributed by atoms with Gasteiger partial charge in [0.25, 0.3) is 5.91 Å². The van der Waals surface area contributed by atoms with Crippen molar-refractivity contribution in [3.63, 3.8) is 0 Å². The van der Waals surface area contributed by atoms with Crippen LogP contribution in [0.2, 0.25) is 0 Å². The van der Waals surface area contributed by atoms with Gasteiger partial charge in [0.05, 0.1) is 12.7 Å². The average molecular weight is 277 g/mol. The second-order valence-electron chi connectivity index (χ2n) is 5.46. The van der Waals surface area contributed by atoms with Gasteiger partial charge in [-0.2, -0.15) is 0 Å². The van der Waals surface area contributed by atoms with Gasteiger partial charge in [-0.15, -0.1) is 0 Å². The summed E-state index contributed by atoms with van der Waals surface area (Å²) in [5.74, 6) is 0.681. The molecule has 1 unspecified atom stereocenters. The largest absolute Gasteiger partial charge is 0.497 e. The van der Waals surface area contributed by atoms with E-state index in [4.69, 9.17) is 10.5 Å². The summed E-state index contributed by atoms with van der Waals surface area (Å²) in [6.07, 6.45) is 2.17. The molecule has 0 radical (unpaired) electrons. The lowest BCUT2D eigenvalue weighted by Gasteiger charge is -2.36. The van der Waals surface area contributed by atoms with Gasteiger partial charge in [0.15, 0.2) is 0 Å². The molecule has 1 aromatic rings. The van der Waals surface area contributed by atoms with Crippen LogP contribution < -0.4 is 10.5 Å². The van der Waals surface area contributed by atoms with Gasteiger partial charge in [-0.1, -0.05) is 0 Å². The Kier molecular flexibility index (Phi) is 4.49. The Morgan fingerprint density at radius 3 is 2.80 bits per heavy atom. The van der Waals surface area contributed by atoms with Crippen LogP contribution in [0.15, 0.2) is 18.2 Å². The van der Waals surface area contributed by atoms with Gasteiger partial charge in [0.2, 0.25) is 0 Å². The number of likely N-dealkylation sites (tertiary alicyclic amines) is 1. The van der Waals surface area contributed by atoms with E-state index in [1.54, 1.807) is 25.3 Å². The van der Waals surface area contributed by atoms with E-state index in [9.17, 15) is 4.79 Å². The number of carbonyl (C=O) groups is 1. The molecule has 5 heteroatoms. The number of nitrogens with zero attached hydrogens (tertiary/aromatic N) is 2. The number of hydrogen-bond donors (Lipinski definition) is 1. The molecule has 1 fully saturated rings. The first-order valence-electron chi connectivity index (χ1n) is 6.92. The Morgan fingerprint density at radius 1 is 1.45 bits per heavy atom. The lowest BCUT2D eigenvalue weighted by Crippen LogP contribution is -2.47. The number of benzene rings is 1. The fraction of sp³-hybridized carbons (Fsp3) is 0.533. The van der Waals surface area contributed by atoms with E-state index in [0.29, 0.717) is 23.0 Å². The topological polar surface area (TPSA) is 58.8 Å². The van der Waals surface area contributed by atoms with Crippen LogP contribution >= 0.6 is 0 Å². The van der Waals surface area contributed by atoms with Crippen LogP contribution in [0.3, 0.4) is 0 Å². The highest BCUT2D eigenvalue weighted by atomic mass is 16.5. The number of likely N-dealkylation sites (N-methyl/N-ethyl adjacent to an activating group) is 1. The molecule has 0 spiro atoms. The number of amides is 1. The van der Waals surface area contributed by atoms with E-state index in [1.807, 2.05) is 4.90 Å². The maximum absolute atomic E-state index is 12.6. The minimum atomic E-state index is 0.0108. The van der Waals surface area contributed by atoms with E-state index in [2.05, 4.69) is 19.0 Å². The second kappa shape index (κ2) is 6.13. The average Bonchev–Trinajstić information content (AvgIpc) is 2.46. The summed E-state index contributed by atoms with van der Waals surface area (Å²) in [6.45, 7) is 1.56. The van der Waals surface area contributed by atoms with Crippen molar-refractivity contribution in [3.8, 4) is 5.75 Å². The second-order valence-corrected chi connectivity index (χ2v) is 5.46. The van der Waals surface area contributed by atoms with Crippen molar-refractivity contribution in [1.82, 2.24) is 9.80 Å². The molecule has 20 heavy (non-hydrogen) atoms. The summed E-state index contributed by atoms with van der Waals surface area (Å²) in [5, 5.41) is 0. The van der Waals surface area contributed by atoms with Crippen molar-refractivity contribution in [2.75, 3.05) is 40.0 Å². The smallest absolute Gasteiger partial charge is 0.256 e. The molecule has 1 atom stereocenters. The molecule has 1 aliphatic heterocycles. The van der Waals surface area contributed by atoms with Crippen LogP contribution in [-0.4, -0.2) is 56.0 Å². The van der Waals surface area contributed by atoms with Gasteiger partial charge < -0.3 is 20.3 Å². The third-order valence-corrected chi connectivity index (χ3v) is 3.90. The van der Waals surface area contributed by atoms with Gasteiger partial charge in [-0.3, -0.25) is 4.79 Å². The molecule has 2 N–H and O–H groups in total. The van der Waals surface area contributed by atoms with Gasteiger partial charge in [-0.05, 0) is 39.1 Å². The molecule has 1 heterocycles. The number of hydrogen-bond acceptors (Lipinski definition) is 4. The van der Waals surface area contributed by atoms with Crippen molar-refractivity contribution in [3.05, 3.63) is 23.8 Å². The maximum Gasteiger partial charge on any atom is 0.256 e. The SMILES string of the molecule is COc1ccc(C(=O)N2CCCC(N(C)C)C2)c(N)c1. The number of piperidine rings is 1. The predicted molar refractivity (Wildman–Crippen MR) is 80.0 cm³/mol. The molecule has 1 saturated heterocycles. The number of nitrogen functional groups attached to an aromatic ring is 1. The zero-order chi connectivity index (χ0) is 14.7. The summed E-state index contributed by atoms with van der Waals surface area (Å²) in [6, 6.07) is 5.64. The molecule has 1 aromatic carbocycles. The van der Waals surface area contributed by atoms with Crippen molar-refractivity contribution in [2.45, 2.75) is 18.9 Å². The van der Waals surface area contributed by atoms with Gasteiger partial charge >= 0.3 is 0 Å². The monoisotopic (exact) mass is 277 g/mol. The number of ether oxygens (including phenoxy) is 1. The lowest BCUT2D eigenvalue weighted by molar-refractivity contribution is 0.0636. The molecule has 0 bridgehead atoms. The number of rotatable bonds is 3. The number of anilines is 1. The standard InChI is InChI=1S/C15H23N3O2/c1-17(2)11-5-4-8-18(10-11)15(19)13-7-6-12(20-3)9-14(13)16/h6-7,9,11H,4-5,8,10,16H2,1-3H3. The molecule has 1 amide bonds. The van der Waals surface area contributed by atoms with Crippen molar-refractivity contribution in [1.29, 1.82) is 0 Å². The molecule has 2 rings (SSSR count). The molecule has 0 saturated carbocycles. The van der Waals surface area contributed by atoms with Crippen LogP contribution in [-0.2, 0) is 0 Å². The highest BCUT2D eigenvalue weighted by Crippen LogP contribution is 2.23. The Morgan fingerprint density at radius 2 is 2.20 bits per heavy atom. The first-order valence-corrected chi connectivity index (χ1v) is 6.92. The minimum Gasteiger partial charge on any atom is -0.497 e. The van der Waals surface area contributed by atoms with E-state index in [1.165, 1.54) is 0 Å². The Bertz CT molecular complexity index is 488. The molecule has 5 nitrogen and oxygen atoms in total. The first kappa shape index (κ1) is 14.7.